The van der Waals surface area contributed by atoms with Crippen LogP contribution in [0.1, 0.15) is 36.8 Å². The first-order valence-corrected chi connectivity index (χ1v) is 11.2. The second-order valence-corrected chi connectivity index (χ2v) is 9.75. The quantitative estimate of drug-likeness (QED) is 0.681. The van der Waals surface area contributed by atoms with Crippen LogP contribution in [0.3, 0.4) is 0 Å². The van der Waals surface area contributed by atoms with Gasteiger partial charge in [-0.15, -0.1) is 0 Å². The second kappa shape index (κ2) is 8.79. The molecule has 0 bridgehead atoms. The first-order chi connectivity index (χ1) is 15.9. The van der Waals surface area contributed by atoms with Gasteiger partial charge in [-0.25, -0.2) is 14.0 Å². The van der Waals surface area contributed by atoms with E-state index in [1.807, 2.05) is 0 Å². The Morgan fingerprint density at radius 2 is 1.91 bits per heavy atom. The van der Waals surface area contributed by atoms with Gasteiger partial charge in [0.05, 0.1) is 35.4 Å². The van der Waals surface area contributed by atoms with Gasteiger partial charge in [-0.3, -0.25) is 9.48 Å². The maximum Gasteiger partial charge on any atom is 0.410 e. The van der Waals surface area contributed by atoms with Crippen LogP contribution in [0.2, 0.25) is 5.02 Å². The summed E-state index contributed by atoms with van der Waals surface area (Å²) in [5.74, 6) is -1.29. The van der Waals surface area contributed by atoms with Crippen molar-refractivity contribution in [2.24, 2.45) is 5.73 Å². The van der Waals surface area contributed by atoms with Gasteiger partial charge in [-0.2, -0.15) is 5.10 Å². The van der Waals surface area contributed by atoms with Crippen molar-refractivity contribution in [3.63, 3.8) is 0 Å². The lowest BCUT2D eigenvalue weighted by molar-refractivity contribution is 0.00573. The lowest BCUT2D eigenvalue weighted by atomic mass is 10.0. The van der Waals surface area contributed by atoms with Gasteiger partial charge in [0, 0.05) is 25.2 Å². The van der Waals surface area contributed by atoms with E-state index in [1.54, 1.807) is 30.4 Å². The Morgan fingerprint density at radius 1 is 1.21 bits per heavy atom. The Kier molecular flexibility index (Phi) is 6.15. The normalized spacial score (nSPS) is 16.0. The first kappa shape index (κ1) is 23.8. The van der Waals surface area contributed by atoms with Gasteiger partial charge in [0.1, 0.15) is 17.1 Å². The summed E-state index contributed by atoms with van der Waals surface area (Å²) in [5.41, 5.74) is 6.46. The number of fused-ring (bicyclic) bond motifs is 1. The van der Waals surface area contributed by atoms with Crippen LogP contribution < -0.4 is 11.1 Å². The summed E-state index contributed by atoms with van der Waals surface area (Å²) in [6.07, 6.45) is -0.417. The number of carbonyl (C=O) groups is 3. The Balaban J connectivity index is 1.44. The van der Waals surface area contributed by atoms with Crippen LogP contribution >= 0.6 is 11.6 Å². The number of nitrogens with two attached hydrogens (primary N) is 1. The van der Waals surface area contributed by atoms with E-state index in [2.05, 4.69) is 10.4 Å². The van der Waals surface area contributed by atoms with E-state index >= 15 is 0 Å². The standard InChI is InChI=1S/C22H26ClFN6O4/c1-22(2,3)34-21(33)29-9-13(10-29)26-20(32)28-6-7-30-16(11-28)17(19(25)31)18(27-30)12-4-5-15(24)14(23)8-12/h4-5,8,13H,6-7,9-11H2,1-3H3,(H2,25,31)(H,26,32). The SMILES string of the molecule is CC(C)(C)OC(=O)N1CC(NC(=O)N2CCn3nc(-c4ccc(F)c(Cl)c4)c(C(N)=O)c3C2)C1. The third kappa shape index (κ3) is 4.79. The monoisotopic (exact) mass is 492 g/mol. The highest BCUT2D eigenvalue weighted by Crippen LogP contribution is 2.30. The molecule has 2 aliphatic rings. The number of amides is 4. The molecular weight excluding hydrogens is 467 g/mol. The lowest BCUT2D eigenvalue weighted by Crippen LogP contribution is -2.63. The van der Waals surface area contributed by atoms with E-state index in [-0.39, 0.29) is 29.2 Å². The predicted octanol–water partition coefficient (Wildman–Crippen LogP) is 2.59. The van der Waals surface area contributed by atoms with E-state index in [9.17, 15) is 18.8 Å². The number of likely N-dealkylation sites (tertiary alicyclic amines) is 1. The number of nitrogens with zero attached hydrogens (tertiary/aromatic N) is 4. The van der Waals surface area contributed by atoms with E-state index in [0.29, 0.717) is 43.1 Å². The molecule has 3 heterocycles. The maximum atomic E-state index is 13.6. The minimum Gasteiger partial charge on any atom is -0.444 e. The molecule has 12 heteroatoms. The van der Waals surface area contributed by atoms with Crippen LogP contribution in [0.25, 0.3) is 11.3 Å². The Bertz CT molecular complexity index is 1150. The summed E-state index contributed by atoms with van der Waals surface area (Å²) in [6.45, 7) is 6.93. The molecule has 4 rings (SSSR count). The third-order valence-electron chi connectivity index (χ3n) is 5.57. The fraction of sp³-hybridized carbons (Fsp3) is 0.455. The smallest absolute Gasteiger partial charge is 0.410 e. The molecule has 1 fully saturated rings. The van der Waals surface area contributed by atoms with Gasteiger partial charge >= 0.3 is 12.1 Å². The number of ether oxygens (including phenoxy) is 1. The predicted molar refractivity (Wildman–Crippen MR) is 122 cm³/mol. The molecule has 0 saturated carbocycles. The molecule has 1 saturated heterocycles. The molecule has 1 aromatic carbocycles. The Labute approximate surface area is 200 Å². The average molecular weight is 493 g/mol. The highest BCUT2D eigenvalue weighted by Gasteiger charge is 2.36. The van der Waals surface area contributed by atoms with Crippen molar-refractivity contribution in [3.05, 3.63) is 40.3 Å². The zero-order valence-corrected chi connectivity index (χ0v) is 19.9. The number of primary amides is 1. The van der Waals surface area contributed by atoms with Gasteiger partial charge in [0.15, 0.2) is 0 Å². The van der Waals surface area contributed by atoms with E-state index in [0.717, 1.165) is 0 Å². The highest BCUT2D eigenvalue weighted by molar-refractivity contribution is 6.31. The van der Waals surface area contributed by atoms with Crippen molar-refractivity contribution in [3.8, 4) is 11.3 Å². The number of urea groups is 1. The number of rotatable bonds is 3. The van der Waals surface area contributed by atoms with Crippen molar-refractivity contribution in [2.75, 3.05) is 19.6 Å². The molecule has 0 atom stereocenters. The summed E-state index contributed by atoms with van der Waals surface area (Å²) >= 11 is 5.90. The van der Waals surface area contributed by atoms with Crippen LogP contribution in [-0.2, 0) is 17.8 Å². The summed E-state index contributed by atoms with van der Waals surface area (Å²) in [7, 11) is 0. The number of nitrogens with one attached hydrogen (secondary N) is 1. The fourth-order valence-electron chi connectivity index (χ4n) is 3.91. The molecule has 2 aliphatic heterocycles. The average Bonchev–Trinajstić information content (AvgIpc) is 3.09. The number of benzene rings is 1. The van der Waals surface area contributed by atoms with Gasteiger partial charge in [-0.1, -0.05) is 11.6 Å². The molecule has 0 radical (unpaired) electrons. The third-order valence-corrected chi connectivity index (χ3v) is 5.86. The maximum absolute atomic E-state index is 13.6. The molecule has 4 amide bonds. The van der Waals surface area contributed by atoms with Gasteiger partial charge < -0.3 is 25.6 Å². The van der Waals surface area contributed by atoms with Crippen LogP contribution in [0, 0.1) is 5.82 Å². The Hall–Kier alpha value is -3.34. The van der Waals surface area contributed by atoms with Crippen LogP contribution in [-0.4, -0.2) is 68.9 Å². The largest absolute Gasteiger partial charge is 0.444 e. The van der Waals surface area contributed by atoms with Gasteiger partial charge in [0.25, 0.3) is 5.91 Å². The zero-order chi connectivity index (χ0) is 24.8. The zero-order valence-electron chi connectivity index (χ0n) is 19.1. The fourth-order valence-corrected chi connectivity index (χ4v) is 4.09. The van der Waals surface area contributed by atoms with E-state index in [4.69, 9.17) is 22.1 Å². The molecule has 2 aromatic rings. The molecular formula is C22H26ClFN6O4. The van der Waals surface area contributed by atoms with Crippen molar-refractivity contribution < 1.29 is 23.5 Å². The summed E-state index contributed by atoms with van der Waals surface area (Å²) < 4.78 is 20.5. The summed E-state index contributed by atoms with van der Waals surface area (Å²) in [6, 6.07) is 3.54. The van der Waals surface area contributed by atoms with E-state index in [1.165, 1.54) is 23.1 Å². The minimum absolute atomic E-state index is 0.0965. The molecule has 10 nitrogen and oxygen atoms in total. The lowest BCUT2D eigenvalue weighted by Gasteiger charge is -2.41. The minimum atomic E-state index is -0.703. The molecule has 0 unspecified atom stereocenters. The number of carbonyl (C=O) groups excluding carboxylic acids is 3. The molecule has 0 spiro atoms. The molecule has 0 aliphatic carbocycles. The second-order valence-electron chi connectivity index (χ2n) is 9.34. The van der Waals surface area contributed by atoms with Crippen molar-refractivity contribution >= 4 is 29.6 Å². The topological polar surface area (TPSA) is 123 Å². The molecule has 3 N–H and O–H groups in total. The van der Waals surface area contributed by atoms with Crippen LogP contribution in [0.5, 0.6) is 0 Å². The van der Waals surface area contributed by atoms with E-state index < -0.39 is 23.4 Å². The van der Waals surface area contributed by atoms with Crippen LogP contribution in [0.15, 0.2) is 18.2 Å². The Morgan fingerprint density at radius 3 is 2.53 bits per heavy atom. The summed E-state index contributed by atoms with van der Waals surface area (Å²) in [4.78, 5) is 40.3. The van der Waals surface area contributed by atoms with Crippen molar-refractivity contribution in [1.29, 1.82) is 0 Å². The van der Waals surface area contributed by atoms with Crippen LogP contribution in [0.4, 0.5) is 14.0 Å². The number of halogens is 2. The molecule has 1 aromatic heterocycles. The van der Waals surface area contributed by atoms with Crippen molar-refractivity contribution in [1.82, 2.24) is 24.9 Å². The number of aromatic nitrogens is 2. The molecule has 182 valence electrons. The van der Waals surface area contributed by atoms with Gasteiger partial charge in [0.2, 0.25) is 0 Å². The highest BCUT2D eigenvalue weighted by atomic mass is 35.5. The van der Waals surface area contributed by atoms with Gasteiger partial charge in [-0.05, 0) is 39.0 Å². The molecule has 34 heavy (non-hydrogen) atoms. The number of hydrogen-bond donors (Lipinski definition) is 2. The first-order valence-electron chi connectivity index (χ1n) is 10.8. The van der Waals surface area contributed by atoms with Crippen molar-refractivity contribution in [2.45, 2.75) is 45.5 Å². The number of hydrogen-bond acceptors (Lipinski definition) is 5. The summed E-state index contributed by atoms with van der Waals surface area (Å²) in [5, 5.41) is 7.27.